The molecule has 152 valence electrons. The van der Waals surface area contributed by atoms with Crippen LogP contribution in [-0.2, 0) is 20.3 Å². The molecule has 1 N–H and O–H groups in total. The highest BCUT2D eigenvalue weighted by atomic mass is 32.2. The first-order valence-electron chi connectivity index (χ1n) is 9.52. The molecular weight excluding hydrogens is 377 g/mol. The van der Waals surface area contributed by atoms with E-state index in [9.17, 15) is 14.0 Å². The molecule has 1 saturated heterocycles. The van der Waals surface area contributed by atoms with Crippen LogP contribution in [0.25, 0.3) is 0 Å². The summed E-state index contributed by atoms with van der Waals surface area (Å²) in [5.41, 5.74) is -0.794. The first kappa shape index (κ1) is 22.5. The van der Waals surface area contributed by atoms with Crippen LogP contribution in [-0.4, -0.2) is 59.1 Å². The fraction of sp³-hybridized carbons (Fsp3) is 0.550. The van der Waals surface area contributed by atoms with E-state index in [1.165, 1.54) is 0 Å². The minimum atomic E-state index is -1.35. The SMILES string of the molecule is CC#CCOc1ccc(S(=O)CC2(C(=O)OCC)CCN(B(C)O)CC2)cc1. The van der Waals surface area contributed by atoms with Gasteiger partial charge in [-0.05, 0) is 70.9 Å². The summed E-state index contributed by atoms with van der Waals surface area (Å²) < 4.78 is 23.8. The fourth-order valence-electron chi connectivity index (χ4n) is 3.23. The van der Waals surface area contributed by atoms with Gasteiger partial charge < -0.3 is 19.3 Å². The number of piperidine rings is 1. The van der Waals surface area contributed by atoms with Gasteiger partial charge in [-0.2, -0.15) is 0 Å². The van der Waals surface area contributed by atoms with Gasteiger partial charge in [-0.1, -0.05) is 5.92 Å². The van der Waals surface area contributed by atoms with Gasteiger partial charge in [0.1, 0.15) is 12.4 Å². The highest BCUT2D eigenvalue weighted by Crippen LogP contribution is 2.35. The third-order valence-electron chi connectivity index (χ3n) is 4.97. The number of esters is 1. The second-order valence-corrected chi connectivity index (χ2v) is 8.30. The first-order chi connectivity index (χ1) is 13.4. The zero-order valence-corrected chi connectivity index (χ0v) is 17.6. The largest absolute Gasteiger partial charge is 0.481 e. The molecular formula is C20H28BNO5S. The second-order valence-electron chi connectivity index (χ2n) is 6.85. The lowest BCUT2D eigenvalue weighted by Gasteiger charge is -2.40. The van der Waals surface area contributed by atoms with Gasteiger partial charge in [-0.15, -0.1) is 5.92 Å². The molecule has 0 saturated carbocycles. The Morgan fingerprint density at radius 2 is 1.96 bits per heavy atom. The summed E-state index contributed by atoms with van der Waals surface area (Å²) in [5.74, 6) is 6.16. The minimum Gasteiger partial charge on any atom is -0.481 e. The van der Waals surface area contributed by atoms with E-state index in [4.69, 9.17) is 9.47 Å². The molecule has 0 bridgehead atoms. The van der Waals surface area contributed by atoms with Crippen LogP contribution < -0.4 is 4.74 Å². The van der Waals surface area contributed by atoms with Gasteiger partial charge in [0.25, 0.3) is 0 Å². The van der Waals surface area contributed by atoms with Gasteiger partial charge in [-0.25, -0.2) is 0 Å². The van der Waals surface area contributed by atoms with Crippen molar-refractivity contribution in [1.29, 1.82) is 0 Å². The number of rotatable bonds is 8. The van der Waals surface area contributed by atoms with E-state index in [0.717, 1.165) is 0 Å². The molecule has 1 unspecified atom stereocenters. The molecule has 0 aromatic heterocycles. The van der Waals surface area contributed by atoms with Crippen LogP contribution in [0.1, 0.15) is 26.7 Å². The van der Waals surface area contributed by atoms with Crippen LogP contribution in [0.2, 0.25) is 6.82 Å². The Labute approximate surface area is 170 Å². The number of hydrogen-bond donors (Lipinski definition) is 1. The molecule has 2 rings (SSSR count). The summed E-state index contributed by atoms with van der Waals surface area (Å²) in [6.07, 6.45) is 1.03. The highest BCUT2D eigenvalue weighted by Gasteiger charge is 2.45. The Hall–Kier alpha value is -1.82. The fourth-order valence-corrected chi connectivity index (χ4v) is 4.75. The molecule has 1 heterocycles. The molecule has 1 aromatic rings. The van der Waals surface area contributed by atoms with Crippen molar-refractivity contribution in [1.82, 2.24) is 4.81 Å². The summed E-state index contributed by atoms with van der Waals surface area (Å²) in [7, 11) is -1.91. The molecule has 0 aliphatic carbocycles. The topological polar surface area (TPSA) is 76.1 Å². The van der Waals surface area contributed by atoms with Crippen molar-refractivity contribution in [3.8, 4) is 17.6 Å². The molecule has 0 spiro atoms. The quantitative estimate of drug-likeness (QED) is 0.405. The van der Waals surface area contributed by atoms with E-state index in [1.54, 1.807) is 44.9 Å². The Bertz CT molecular complexity index is 733. The Kier molecular flexibility index (Phi) is 8.55. The Morgan fingerprint density at radius 1 is 1.32 bits per heavy atom. The van der Waals surface area contributed by atoms with E-state index in [2.05, 4.69) is 11.8 Å². The molecule has 1 fully saturated rings. The highest BCUT2D eigenvalue weighted by molar-refractivity contribution is 7.85. The smallest absolute Gasteiger partial charge is 0.376 e. The summed E-state index contributed by atoms with van der Waals surface area (Å²) in [4.78, 5) is 15.3. The number of nitrogens with zero attached hydrogens (tertiary/aromatic N) is 1. The predicted molar refractivity (Wildman–Crippen MR) is 110 cm³/mol. The van der Waals surface area contributed by atoms with Gasteiger partial charge >= 0.3 is 13.0 Å². The van der Waals surface area contributed by atoms with Gasteiger partial charge in [0.2, 0.25) is 0 Å². The van der Waals surface area contributed by atoms with E-state index in [0.29, 0.717) is 49.8 Å². The lowest BCUT2D eigenvalue weighted by molar-refractivity contribution is -0.156. The maximum atomic E-state index is 13.0. The normalized spacial score (nSPS) is 17.1. The third-order valence-corrected chi connectivity index (χ3v) is 6.59. The van der Waals surface area contributed by atoms with E-state index < -0.39 is 23.3 Å². The van der Waals surface area contributed by atoms with Crippen LogP contribution in [0.4, 0.5) is 0 Å². The average Bonchev–Trinajstić information content (AvgIpc) is 2.69. The monoisotopic (exact) mass is 405 g/mol. The van der Waals surface area contributed by atoms with Gasteiger partial charge in [0, 0.05) is 10.6 Å². The molecule has 1 aliphatic rings. The summed E-state index contributed by atoms with van der Waals surface area (Å²) in [5, 5.41) is 9.78. The van der Waals surface area contributed by atoms with Crippen molar-refractivity contribution in [3.05, 3.63) is 24.3 Å². The molecule has 1 atom stereocenters. The van der Waals surface area contributed by atoms with Crippen LogP contribution in [0, 0.1) is 17.3 Å². The van der Waals surface area contributed by atoms with Crippen LogP contribution >= 0.6 is 0 Å². The van der Waals surface area contributed by atoms with Crippen molar-refractivity contribution >= 4 is 23.8 Å². The molecule has 1 aliphatic heterocycles. The van der Waals surface area contributed by atoms with E-state index in [1.807, 2.05) is 4.81 Å². The lowest BCUT2D eigenvalue weighted by Crippen LogP contribution is -2.51. The van der Waals surface area contributed by atoms with Gasteiger partial charge in [0.15, 0.2) is 0 Å². The molecule has 28 heavy (non-hydrogen) atoms. The summed E-state index contributed by atoms with van der Waals surface area (Å²) >= 11 is 0. The zero-order valence-electron chi connectivity index (χ0n) is 16.8. The Balaban J connectivity index is 2.09. The van der Waals surface area contributed by atoms with Crippen molar-refractivity contribution in [3.63, 3.8) is 0 Å². The van der Waals surface area contributed by atoms with Crippen molar-refractivity contribution in [2.45, 2.75) is 38.4 Å². The third kappa shape index (κ3) is 5.84. The number of hydrogen-bond acceptors (Lipinski definition) is 6. The molecule has 8 heteroatoms. The van der Waals surface area contributed by atoms with Crippen molar-refractivity contribution in [2.24, 2.45) is 5.41 Å². The van der Waals surface area contributed by atoms with Gasteiger partial charge in [-0.3, -0.25) is 9.00 Å². The van der Waals surface area contributed by atoms with Crippen LogP contribution in [0.15, 0.2) is 29.2 Å². The Morgan fingerprint density at radius 3 is 2.50 bits per heavy atom. The van der Waals surface area contributed by atoms with E-state index in [-0.39, 0.29) is 11.7 Å². The maximum absolute atomic E-state index is 13.0. The molecule has 1 aromatic carbocycles. The first-order valence-corrected chi connectivity index (χ1v) is 10.8. The van der Waals surface area contributed by atoms with Crippen molar-refractivity contribution < 1.29 is 23.5 Å². The lowest BCUT2D eigenvalue weighted by atomic mass is 9.74. The molecule has 0 radical (unpaired) electrons. The number of carbonyl (C=O) groups is 1. The summed E-state index contributed by atoms with van der Waals surface area (Å²) in [6.45, 7) is 6.98. The maximum Gasteiger partial charge on any atom is 0.376 e. The standard InChI is InChI=1S/C20H28BNO5S/c1-4-6-15-27-17-7-9-18(10-8-17)28(25)16-20(19(23)26-5-2)11-13-22(14-12-20)21(3)24/h7-10,24H,5,11-16H2,1-3H3. The van der Waals surface area contributed by atoms with Crippen molar-refractivity contribution in [2.75, 3.05) is 32.1 Å². The number of benzene rings is 1. The van der Waals surface area contributed by atoms with Crippen LogP contribution in [0.5, 0.6) is 5.75 Å². The minimum absolute atomic E-state index is 0.209. The second kappa shape index (κ2) is 10.7. The molecule has 6 nitrogen and oxygen atoms in total. The molecule has 0 amide bonds. The zero-order chi connectivity index (χ0) is 20.6. The predicted octanol–water partition coefficient (Wildman–Crippen LogP) is 1.95. The number of ether oxygens (including phenoxy) is 2. The average molecular weight is 405 g/mol. The summed E-state index contributed by atoms with van der Waals surface area (Å²) in [6, 6.07) is 7.04. The van der Waals surface area contributed by atoms with Crippen LogP contribution in [0.3, 0.4) is 0 Å². The number of carbonyl (C=O) groups excluding carboxylic acids is 1. The van der Waals surface area contributed by atoms with E-state index >= 15 is 0 Å². The van der Waals surface area contributed by atoms with Gasteiger partial charge in [0.05, 0.1) is 22.8 Å².